The molecule has 0 fully saturated rings. The maximum Gasteiger partial charge on any atom is 0.171 e. The van der Waals surface area contributed by atoms with Gasteiger partial charge >= 0.3 is 0 Å². The van der Waals surface area contributed by atoms with E-state index < -0.39 is 0 Å². The summed E-state index contributed by atoms with van der Waals surface area (Å²) in [5, 5.41) is 0. The average molecular weight is 158 g/mol. The van der Waals surface area contributed by atoms with Crippen LogP contribution in [0.25, 0.3) is 0 Å². The maximum atomic E-state index is 11.4. The summed E-state index contributed by atoms with van der Waals surface area (Å²) in [7, 11) is 0. The first kappa shape index (κ1) is 7.53. The predicted octanol–water partition coefficient (Wildman–Crippen LogP) is 2.29. The molecular formula is C11H10O. The highest BCUT2D eigenvalue weighted by Crippen LogP contribution is 2.19. The van der Waals surface area contributed by atoms with Crippen molar-refractivity contribution < 1.29 is 4.79 Å². The SMILES string of the molecule is O=C1[C]CCCc2ccccc21. The van der Waals surface area contributed by atoms with Gasteiger partial charge in [0.25, 0.3) is 0 Å². The molecular weight excluding hydrogens is 148 g/mol. The van der Waals surface area contributed by atoms with E-state index in [4.69, 9.17) is 0 Å². The van der Waals surface area contributed by atoms with E-state index in [0.717, 1.165) is 24.8 Å². The molecule has 0 unspecified atom stereocenters. The smallest absolute Gasteiger partial charge is 0.171 e. The van der Waals surface area contributed by atoms with Gasteiger partial charge in [0, 0.05) is 5.56 Å². The van der Waals surface area contributed by atoms with Crippen molar-refractivity contribution >= 4 is 5.78 Å². The maximum absolute atomic E-state index is 11.4. The standard InChI is InChI=1S/C11H10O/c12-11-8-4-2-6-9-5-1-3-7-10(9)11/h1,3,5,7H,2,4,6H2. The molecule has 0 amide bonds. The largest absolute Gasteiger partial charge is 0.293 e. The summed E-state index contributed by atoms with van der Waals surface area (Å²) >= 11 is 0. The third-order valence-electron chi connectivity index (χ3n) is 2.17. The predicted molar refractivity (Wildman–Crippen MR) is 47.0 cm³/mol. The minimum Gasteiger partial charge on any atom is -0.293 e. The third-order valence-corrected chi connectivity index (χ3v) is 2.17. The first-order valence-corrected chi connectivity index (χ1v) is 4.24. The summed E-state index contributed by atoms with van der Waals surface area (Å²) in [6.07, 6.45) is 5.71. The number of rotatable bonds is 0. The molecule has 1 aliphatic carbocycles. The van der Waals surface area contributed by atoms with E-state index in [2.05, 4.69) is 6.42 Å². The summed E-state index contributed by atoms with van der Waals surface area (Å²) in [5.74, 6) is 0.0723. The Balaban J connectivity index is 2.46. The van der Waals surface area contributed by atoms with E-state index in [9.17, 15) is 4.79 Å². The normalized spacial score (nSPS) is 16.8. The number of fused-ring (bicyclic) bond motifs is 1. The zero-order chi connectivity index (χ0) is 8.39. The van der Waals surface area contributed by atoms with Crippen LogP contribution in [0.3, 0.4) is 0 Å². The van der Waals surface area contributed by atoms with Crippen molar-refractivity contribution in [1.82, 2.24) is 0 Å². The topological polar surface area (TPSA) is 17.1 Å². The third kappa shape index (κ3) is 1.27. The van der Waals surface area contributed by atoms with Crippen molar-refractivity contribution in [3.05, 3.63) is 41.8 Å². The lowest BCUT2D eigenvalue weighted by molar-refractivity contribution is 0.102. The Bertz CT molecular complexity index is 302. The van der Waals surface area contributed by atoms with E-state index in [1.54, 1.807) is 0 Å². The number of benzene rings is 1. The van der Waals surface area contributed by atoms with Crippen molar-refractivity contribution in [3.8, 4) is 0 Å². The summed E-state index contributed by atoms with van der Waals surface area (Å²) in [4.78, 5) is 11.4. The molecule has 1 aromatic carbocycles. The van der Waals surface area contributed by atoms with Gasteiger partial charge in [0.15, 0.2) is 5.78 Å². The molecule has 1 aromatic rings. The van der Waals surface area contributed by atoms with E-state index in [0.29, 0.717) is 0 Å². The van der Waals surface area contributed by atoms with Crippen LogP contribution in [0, 0.1) is 6.42 Å². The van der Waals surface area contributed by atoms with Gasteiger partial charge in [0.05, 0.1) is 6.42 Å². The first-order chi connectivity index (χ1) is 5.88. The molecule has 0 heterocycles. The number of aryl methyl sites for hydroxylation is 1. The monoisotopic (exact) mass is 158 g/mol. The highest BCUT2D eigenvalue weighted by Gasteiger charge is 2.14. The molecule has 1 aliphatic rings. The Hall–Kier alpha value is -1.11. The molecule has 2 rings (SSSR count). The van der Waals surface area contributed by atoms with Gasteiger partial charge < -0.3 is 0 Å². The minimum absolute atomic E-state index is 0.0723. The Morgan fingerprint density at radius 2 is 2.08 bits per heavy atom. The zero-order valence-electron chi connectivity index (χ0n) is 6.84. The fourth-order valence-electron chi connectivity index (χ4n) is 1.54. The van der Waals surface area contributed by atoms with E-state index in [1.807, 2.05) is 24.3 Å². The summed E-state index contributed by atoms with van der Waals surface area (Å²) in [6.45, 7) is 0. The molecule has 0 bridgehead atoms. The van der Waals surface area contributed by atoms with E-state index in [1.165, 1.54) is 5.56 Å². The quantitative estimate of drug-likeness (QED) is 0.529. The van der Waals surface area contributed by atoms with Gasteiger partial charge in [-0.2, -0.15) is 0 Å². The van der Waals surface area contributed by atoms with Gasteiger partial charge in [0.1, 0.15) is 0 Å². The number of hydrogen-bond acceptors (Lipinski definition) is 1. The molecule has 0 aliphatic heterocycles. The molecule has 0 aromatic heterocycles. The second-order valence-electron chi connectivity index (χ2n) is 3.02. The van der Waals surface area contributed by atoms with Gasteiger partial charge in [-0.05, 0) is 24.8 Å². The molecule has 0 N–H and O–H groups in total. The van der Waals surface area contributed by atoms with Gasteiger partial charge in [-0.25, -0.2) is 0 Å². The number of ketones is 1. The molecule has 0 saturated heterocycles. The van der Waals surface area contributed by atoms with Crippen LogP contribution in [0.2, 0.25) is 0 Å². The highest BCUT2D eigenvalue weighted by molar-refractivity contribution is 6.03. The molecule has 2 radical (unpaired) electrons. The molecule has 60 valence electrons. The average Bonchev–Trinajstić information content (AvgIpc) is 2.29. The minimum atomic E-state index is 0.0723. The van der Waals surface area contributed by atoms with Gasteiger partial charge in [-0.3, -0.25) is 4.79 Å². The lowest BCUT2D eigenvalue weighted by atomic mass is 10.0. The van der Waals surface area contributed by atoms with E-state index >= 15 is 0 Å². The molecule has 12 heavy (non-hydrogen) atoms. The molecule has 0 atom stereocenters. The number of hydrogen-bond donors (Lipinski definition) is 0. The lowest BCUT2D eigenvalue weighted by Gasteiger charge is -2.01. The number of carbonyl (C=O) groups is 1. The summed E-state index contributed by atoms with van der Waals surface area (Å²) < 4.78 is 0. The Morgan fingerprint density at radius 3 is 3.00 bits per heavy atom. The van der Waals surface area contributed by atoms with Crippen molar-refractivity contribution in [2.24, 2.45) is 0 Å². The van der Waals surface area contributed by atoms with Crippen LogP contribution in [0.5, 0.6) is 0 Å². The molecule has 0 saturated carbocycles. The van der Waals surface area contributed by atoms with Crippen molar-refractivity contribution in [3.63, 3.8) is 0 Å². The Morgan fingerprint density at radius 1 is 1.25 bits per heavy atom. The first-order valence-electron chi connectivity index (χ1n) is 4.24. The van der Waals surface area contributed by atoms with Crippen molar-refractivity contribution in [2.45, 2.75) is 19.3 Å². The molecule has 0 spiro atoms. The van der Waals surface area contributed by atoms with Gasteiger partial charge in [-0.1, -0.05) is 24.3 Å². The highest BCUT2D eigenvalue weighted by atomic mass is 16.1. The molecule has 1 nitrogen and oxygen atoms in total. The second kappa shape index (κ2) is 3.10. The Labute approximate surface area is 72.4 Å². The number of Topliss-reactive ketones (excluding diaryl/α,β-unsaturated/α-hetero) is 1. The van der Waals surface area contributed by atoms with Gasteiger partial charge in [0.2, 0.25) is 0 Å². The Kier molecular flexibility index (Phi) is 1.94. The summed E-state index contributed by atoms with van der Waals surface area (Å²) in [6, 6.07) is 7.80. The fraction of sp³-hybridized carbons (Fsp3) is 0.273. The van der Waals surface area contributed by atoms with Crippen LogP contribution in [0.1, 0.15) is 28.8 Å². The zero-order valence-corrected chi connectivity index (χ0v) is 6.84. The molecule has 1 heteroatoms. The van der Waals surface area contributed by atoms with Gasteiger partial charge in [-0.15, -0.1) is 0 Å². The fourth-order valence-corrected chi connectivity index (χ4v) is 1.54. The van der Waals surface area contributed by atoms with Crippen LogP contribution in [-0.4, -0.2) is 5.78 Å². The van der Waals surface area contributed by atoms with Crippen LogP contribution < -0.4 is 0 Å². The van der Waals surface area contributed by atoms with Crippen molar-refractivity contribution in [1.29, 1.82) is 0 Å². The van der Waals surface area contributed by atoms with Crippen molar-refractivity contribution in [2.75, 3.05) is 0 Å². The lowest BCUT2D eigenvalue weighted by Crippen LogP contribution is -1.99. The second-order valence-corrected chi connectivity index (χ2v) is 3.02. The number of carbonyl (C=O) groups excluding carboxylic acids is 1. The van der Waals surface area contributed by atoms with E-state index in [-0.39, 0.29) is 5.78 Å². The van der Waals surface area contributed by atoms with Crippen LogP contribution >= 0.6 is 0 Å². The van der Waals surface area contributed by atoms with Crippen LogP contribution in [0.15, 0.2) is 24.3 Å². The van der Waals surface area contributed by atoms with Crippen LogP contribution in [-0.2, 0) is 6.42 Å². The van der Waals surface area contributed by atoms with Crippen LogP contribution in [0.4, 0.5) is 0 Å². The summed E-state index contributed by atoms with van der Waals surface area (Å²) in [5.41, 5.74) is 2.02.